The van der Waals surface area contributed by atoms with Crippen LogP contribution >= 0.6 is 0 Å². The van der Waals surface area contributed by atoms with Crippen LogP contribution in [0.25, 0.3) is 0 Å². The van der Waals surface area contributed by atoms with Crippen molar-refractivity contribution in [3.8, 4) is 0 Å². The highest BCUT2D eigenvalue weighted by molar-refractivity contribution is 6.77. The van der Waals surface area contributed by atoms with Crippen molar-refractivity contribution in [1.29, 1.82) is 0 Å². The Labute approximate surface area is 217 Å². The molecule has 0 unspecified atom stereocenters. The summed E-state index contributed by atoms with van der Waals surface area (Å²) < 4.78 is 19.0. The molecule has 0 bridgehead atoms. The SMILES string of the molecule is COC(=O)[C@H]1[C@@H]2C(=O)[C@H](C)[C@@H](O[Si](C(C)C)(C(C)C)C(C)C)[C@H]2C=C[C@H]1CO[Si](C)(C)C(C)(C)C. The van der Waals surface area contributed by atoms with E-state index in [2.05, 4.69) is 87.6 Å². The first-order valence-corrected chi connectivity index (χ1v) is 18.6. The Balaban J connectivity index is 2.45. The minimum Gasteiger partial charge on any atom is -0.469 e. The van der Waals surface area contributed by atoms with Gasteiger partial charge in [-0.25, -0.2) is 0 Å². The van der Waals surface area contributed by atoms with Crippen LogP contribution < -0.4 is 0 Å². The van der Waals surface area contributed by atoms with Crippen LogP contribution in [0.1, 0.15) is 69.2 Å². The minimum absolute atomic E-state index is 0.0732. The highest BCUT2D eigenvalue weighted by Gasteiger charge is 2.59. The lowest BCUT2D eigenvalue weighted by molar-refractivity contribution is -0.153. The molecule has 0 N–H and O–H groups in total. The predicted molar refractivity (Wildman–Crippen MR) is 148 cm³/mol. The van der Waals surface area contributed by atoms with Crippen molar-refractivity contribution >= 4 is 28.4 Å². The summed E-state index contributed by atoms with van der Waals surface area (Å²) in [4.78, 5) is 26.9. The second-order valence-electron chi connectivity index (χ2n) is 13.4. The van der Waals surface area contributed by atoms with Crippen LogP contribution in [0.5, 0.6) is 0 Å². The quantitative estimate of drug-likeness (QED) is 0.185. The van der Waals surface area contributed by atoms with E-state index in [0.29, 0.717) is 23.2 Å². The molecule has 1 saturated carbocycles. The summed E-state index contributed by atoms with van der Waals surface area (Å²) in [6.07, 6.45) is 4.08. The van der Waals surface area contributed by atoms with E-state index in [9.17, 15) is 9.59 Å². The van der Waals surface area contributed by atoms with Gasteiger partial charge >= 0.3 is 5.97 Å². The number of ether oxygens (including phenoxy) is 1. The fourth-order valence-electron chi connectivity index (χ4n) is 6.46. The molecule has 35 heavy (non-hydrogen) atoms. The molecule has 1 fully saturated rings. The number of hydrogen-bond donors (Lipinski definition) is 0. The van der Waals surface area contributed by atoms with Crippen LogP contribution in [0.2, 0.25) is 34.8 Å². The maximum absolute atomic E-state index is 13.7. The van der Waals surface area contributed by atoms with Gasteiger partial charge in [-0.05, 0) is 34.8 Å². The van der Waals surface area contributed by atoms with Crippen LogP contribution in [0.15, 0.2) is 12.2 Å². The third kappa shape index (κ3) is 5.58. The number of fused-ring (bicyclic) bond motifs is 1. The summed E-state index contributed by atoms with van der Waals surface area (Å²) in [5, 5.41) is 0.0732. The molecule has 6 atom stereocenters. The molecule has 0 heterocycles. The number of rotatable bonds is 9. The monoisotopic (exact) mass is 524 g/mol. The Morgan fingerprint density at radius 3 is 1.94 bits per heavy atom. The van der Waals surface area contributed by atoms with E-state index in [-0.39, 0.29) is 40.6 Å². The van der Waals surface area contributed by atoms with E-state index in [1.165, 1.54) is 7.11 Å². The predicted octanol–water partition coefficient (Wildman–Crippen LogP) is 7.00. The molecule has 0 radical (unpaired) electrons. The molecular formula is C28H52O5Si2. The summed E-state index contributed by atoms with van der Waals surface area (Å²) in [6.45, 7) is 27.1. The van der Waals surface area contributed by atoms with Crippen LogP contribution in [0.4, 0.5) is 0 Å². The second kappa shape index (κ2) is 10.9. The van der Waals surface area contributed by atoms with Gasteiger partial charge in [0, 0.05) is 30.3 Å². The molecule has 0 saturated heterocycles. The smallest absolute Gasteiger partial charge is 0.310 e. The third-order valence-corrected chi connectivity index (χ3v) is 20.1. The van der Waals surface area contributed by atoms with Crippen LogP contribution in [0, 0.1) is 29.6 Å². The molecule has 0 aromatic heterocycles. The Morgan fingerprint density at radius 1 is 1.00 bits per heavy atom. The summed E-state index contributed by atoms with van der Waals surface area (Å²) in [5.41, 5.74) is 1.29. The number of carbonyl (C=O) groups excluding carboxylic acids is 2. The van der Waals surface area contributed by atoms with Crippen molar-refractivity contribution in [3.05, 3.63) is 12.2 Å². The molecule has 0 aromatic carbocycles. The summed E-state index contributed by atoms with van der Waals surface area (Å²) in [7, 11) is -2.77. The number of ketones is 1. The Bertz CT molecular complexity index is 774. The van der Waals surface area contributed by atoms with Gasteiger partial charge in [0.1, 0.15) is 5.78 Å². The molecule has 202 valence electrons. The second-order valence-corrected chi connectivity index (χ2v) is 23.6. The van der Waals surface area contributed by atoms with Crippen LogP contribution in [-0.4, -0.2) is 48.2 Å². The first-order valence-electron chi connectivity index (χ1n) is 13.6. The number of esters is 1. The average molecular weight is 525 g/mol. The van der Waals surface area contributed by atoms with E-state index in [1.807, 2.05) is 6.92 Å². The highest BCUT2D eigenvalue weighted by atomic mass is 28.4. The molecule has 0 spiro atoms. The highest BCUT2D eigenvalue weighted by Crippen LogP contribution is 2.51. The molecule has 2 aliphatic carbocycles. The van der Waals surface area contributed by atoms with Crippen molar-refractivity contribution in [3.63, 3.8) is 0 Å². The summed E-state index contributed by atoms with van der Waals surface area (Å²) >= 11 is 0. The number of Topliss-reactive ketones (excluding diaryl/α,β-unsaturated/α-hetero) is 1. The van der Waals surface area contributed by atoms with Crippen molar-refractivity contribution in [2.75, 3.05) is 13.7 Å². The molecular weight excluding hydrogens is 472 g/mol. The van der Waals surface area contributed by atoms with Gasteiger partial charge in [-0.15, -0.1) is 0 Å². The lowest BCUT2D eigenvalue weighted by Crippen LogP contribution is -2.52. The van der Waals surface area contributed by atoms with Gasteiger partial charge in [-0.2, -0.15) is 0 Å². The molecule has 7 heteroatoms. The Morgan fingerprint density at radius 2 is 1.51 bits per heavy atom. The van der Waals surface area contributed by atoms with E-state index >= 15 is 0 Å². The third-order valence-electron chi connectivity index (χ3n) is 9.46. The molecule has 0 aliphatic heterocycles. The van der Waals surface area contributed by atoms with Crippen molar-refractivity contribution in [2.45, 2.75) is 110 Å². The maximum atomic E-state index is 13.7. The summed E-state index contributed by atoms with van der Waals surface area (Å²) in [6, 6.07) is 0. The lowest BCUT2D eigenvalue weighted by atomic mass is 9.71. The van der Waals surface area contributed by atoms with Gasteiger partial charge < -0.3 is 13.6 Å². The van der Waals surface area contributed by atoms with E-state index in [1.54, 1.807) is 0 Å². The largest absolute Gasteiger partial charge is 0.469 e. The first-order chi connectivity index (χ1) is 15.9. The van der Waals surface area contributed by atoms with Gasteiger partial charge in [-0.1, -0.05) is 81.4 Å². The topological polar surface area (TPSA) is 61.8 Å². The van der Waals surface area contributed by atoms with Crippen LogP contribution in [-0.2, 0) is 23.2 Å². The minimum atomic E-state index is -2.20. The van der Waals surface area contributed by atoms with Gasteiger partial charge in [-0.3, -0.25) is 9.59 Å². The van der Waals surface area contributed by atoms with Gasteiger partial charge in [0.2, 0.25) is 8.32 Å². The zero-order chi connectivity index (χ0) is 27.1. The van der Waals surface area contributed by atoms with E-state index in [0.717, 1.165) is 0 Å². The molecule has 5 nitrogen and oxygen atoms in total. The van der Waals surface area contributed by atoms with Crippen molar-refractivity contribution in [1.82, 2.24) is 0 Å². The fraction of sp³-hybridized carbons (Fsp3) is 0.857. The number of carbonyl (C=O) groups is 2. The molecule has 0 amide bonds. The van der Waals surface area contributed by atoms with Gasteiger partial charge in [0.25, 0.3) is 0 Å². The lowest BCUT2D eigenvalue weighted by Gasteiger charge is -2.46. The fourth-order valence-corrected chi connectivity index (χ4v) is 13.1. The number of methoxy groups -OCH3 is 1. The van der Waals surface area contributed by atoms with Crippen LogP contribution in [0.3, 0.4) is 0 Å². The zero-order valence-corrected chi connectivity index (χ0v) is 26.6. The molecule has 2 rings (SSSR count). The Hall–Kier alpha value is -0.766. The molecule has 2 aliphatic rings. The number of hydrogen-bond acceptors (Lipinski definition) is 5. The van der Waals surface area contributed by atoms with E-state index in [4.69, 9.17) is 13.6 Å². The van der Waals surface area contributed by atoms with Gasteiger partial charge in [0.05, 0.1) is 19.1 Å². The first kappa shape index (κ1) is 30.5. The Kier molecular flexibility index (Phi) is 9.50. The molecule has 0 aromatic rings. The zero-order valence-electron chi connectivity index (χ0n) is 24.6. The normalized spacial score (nSPS) is 29.9. The van der Waals surface area contributed by atoms with E-state index < -0.39 is 28.5 Å². The van der Waals surface area contributed by atoms with Crippen molar-refractivity contribution in [2.24, 2.45) is 29.6 Å². The van der Waals surface area contributed by atoms with Crippen molar-refractivity contribution < 1.29 is 23.2 Å². The average Bonchev–Trinajstić information content (AvgIpc) is 2.97. The maximum Gasteiger partial charge on any atom is 0.310 e. The summed E-state index contributed by atoms with van der Waals surface area (Å²) in [5.74, 6) is -1.64. The standard InChI is InChI=1S/C28H52O5Si2/c1-17(2)35(18(3)4,19(5)6)33-26-20(7)25(29)24-22(26)15-14-21(23(24)27(30)31-11)16-32-34(12,13)28(8,9)10/h14-15,17-24,26H,16H2,1-13H3/t20-,21-,22-,23+,24+,26+/m0/s1. The van der Waals surface area contributed by atoms with Gasteiger partial charge in [0.15, 0.2) is 8.32 Å².